The predicted octanol–water partition coefficient (Wildman–Crippen LogP) is 0.602. The van der Waals surface area contributed by atoms with Gasteiger partial charge >= 0.3 is 18.0 Å². The van der Waals surface area contributed by atoms with Crippen molar-refractivity contribution in [1.82, 2.24) is 10.6 Å². The molecule has 0 bridgehead atoms. The van der Waals surface area contributed by atoms with Crippen molar-refractivity contribution < 1.29 is 23.9 Å². The van der Waals surface area contributed by atoms with E-state index in [0.29, 0.717) is 6.54 Å². The standard InChI is InChI=1S/C13H22N2O5/c1-5-14-13(18)15-10(9(2)3)8-20-12(17)7-6-11(16)19-4/h6-7,9-10H,5,8H2,1-4H3,(H2,14,15,18)/b7-6+/t10-/m0/s1. The Labute approximate surface area is 118 Å². The van der Waals surface area contributed by atoms with Crippen LogP contribution in [0.1, 0.15) is 20.8 Å². The lowest BCUT2D eigenvalue weighted by molar-refractivity contribution is -0.140. The normalized spacial score (nSPS) is 12.1. The van der Waals surface area contributed by atoms with E-state index < -0.39 is 11.9 Å². The average Bonchev–Trinajstić information content (AvgIpc) is 2.40. The second-order valence-corrected chi connectivity index (χ2v) is 4.34. The van der Waals surface area contributed by atoms with Crippen molar-refractivity contribution in [3.05, 3.63) is 12.2 Å². The molecule has 0 unspecified atom stereocenters. The summed E-state index contributed by atoms with van der Waals surface area (Å²) < 4.78 is 9.31. The molecule has 0 aliphatic rings. The molecule has 0 spiro atoms. The third-order valence-corrected chi connectivity index (χ3v) is 2.42. The highest BCUT2D eigenvalue weighted by molar-refractivity contribution is 5.91. The van der Waals surface area contributed by atoms with E-state index in [9.17, 15) is 14.4 Å². The summed E-state index contributed by atoms with van der Waals surface area (Å²) in [4.78, 5) is 33.6. The summed E-state index contributed by atoms with van der Waals surface area (Å²) in [5, 5.41) is 5.31. The van der Waals surface area contributed by atoms with Crippen LogP contribution in [0.5, 0.6) is 0 Å². The fourth-order valence-corrected chi connectivity index (χ4v) is 1.20. The van der Waals surface area contributed by atoms with Crippen LogP contribution in [0.15, 0.2) is 12.2 Å². The topological polar surface area (TPSA) is 93.7 Å². The van der Waals surface area contributed by atoms with Crippen LogP contribution in [-0.2, 0) is 19.1 Å². The highest BCUT2D eigenvalue weighted by atomic mass is 16.5. The third-order valence-electron chi connectivity index (χ3n) is 2.42. The lowest BCUT2D eigenvalue weighted by Gasteiger charge is -2.21. The van der Waals surface area contributed by atoms with E-state index in [1.165, 1.54) is 7.11 Å². The molecule has 2 amide bonds. The second kappa shape index (κ2) is 9.82. The van der Waals surface area contributed by atoms with Crippen molar-refractivity contribution in [2.75, 3.05) is 20.3 Å². The van der Waals surface area contributed by atoms with Crippen LogP contribution in [0.3, 0.4) is 0 Å². The maximum Gasteiger partial charge on any atom is 0.331 e. The minimum Gasteiger partial charge on any atom is -0.466 e. The first-order chi connectivity index (χ1) is 9.40. The van der Waals surface area contributed by atoms with E-state index >= 15 is 0 Å². The highest BCUT2D eigenvalue weighted by Gasteiger charge is 2.17. The number of rotatable bonds is 7. The van der Waals surface area contributed by atoms with Crippen LogP contribution in [0.25, 0.3) is 0 Å². The van der Waals surface area contributed by atoms with Crippen LogP contribution >= 0.6 is 0 Å². The molecule has 0 rings (SSSR count). The summed E-state index contributed by atoms with van der Waals surface area (Å²) >= 11 is 0. The Balaban J connectivity index is 4.27. The van der Waals surface area contributed by atoms with Gasteiger partial charge in [-0.1, -0.05) is 13.8 Å². The van der Waals surface area contributed by atoms with E-state index in [-0.39, 0.29) is 24.6 Å². The molecule has 0 aliphatic carbocycles. The van der Waals surface area contributed by atoms with Crippen LogP contribution in [0.2, 0.25) is 0 Å². The molecular formula is C13H22N2O5. The number of urea groups is 1. The van der Waals surface area contributed by atoms with Gasteiger partial charge in [-0.2, -0.15) is 0 Å². The molecule has 2 N–H and O–H groups in total. The van der Waals surface area contributed by atoms with Crippen molar-refractivity contribution in [1.29, 1.82) is 0 Å². The molecule has 0 heterocycles. The number of esters is 2. The van der Waals surface area contributed by atoms with Gasteiger partial charge in [0.05, 0.1) is 13.2 Å². The Morgan fingerprint density at radius 1 is 1.15 bits per heavy atom. The van der Waals surface area contributed by atoms with Crippen molar-refractivity contribution >= 4 is 18.0 Å². The van der Waals surface area contributed by atoms with E-state index in [4.69, 9.17) is 4.74 Å². The first kappa shape index (κ1) is 17.9. The Morgan fingerprint density at radius 2 is 1.75 bits per heavy atom. The van der Waals surface area contributed by atoms with Gasteiger partial charge in [-0.3, -0.25) is 0 Å². The van der Waals surface area contributed by atoms with Crippen molar-refractivity contribution in [2.45, 2.75) is 26.8 Å². The number of methoxy groups -OCH3 is 1. The van der Waals surface area contributed by atoms with Gasteiger partial charge in [-0.05, 0) is 12.8 Å². The van der Waals surface area contributed by atoms with Crippen molar-refractivity contribution in [3.63, 3.8) is 0 Å². The van der Waals surface area contributed by atoms with Gasteiger partial charge in [0.2, 0.25) is 0 Å². The Kier molecular flexibility index (Phi) is 8.82. The fourth-order valence-electron chi connectivity index (χ4n) is 1.20. The summed E-state index contributed by atoms with van der Waals surface area (Å²) in [5.74, 6) is -1.21. The number of nitrogens with one attached hydrogen (secondary N) is 2. The summed E-state index contributed by atoms with van der Waals surface area (Å²) in [6, 6.07) is -0.621. The third kappa shape index (κ3) is 8.12. The van der Waals surface area contributed by atoms with Crippen molar-refractivity contribution in [2.24, 2.45) is 5.92 Å². The summed E-state index contributed by atoms with van der Waals surface area (Å²) in [7, 11) is 1.21. The number of amides is 2. The zero-order valence-corrected chi connectivity index (χ0v) is 12.3. The number of hydrogen-bond donors (Lipinski definition) is 2. The number of carbonyl (C=O) groups excluding carboxylic acids is 3. The molecule has 7 nitrogen and oxygen atoms in total. The number of carbonyl (C=O) groups is 3. The summed E-state index contributed by atoms with van der Waals surface area (Å²) in [6.45, 7) is 6.14. The molecule has 0 aromatic rings. The highest BCUT2D eigenvalue weighted by Crippen LogP contribution is 2.02. The van der Waals surface area contributed by atoms with Crippen LogP contribution < -0.4 is 10.6 Å². The molecule has 20 heavy (non-hydrogen) atoms. The zero-order chi connectivity index (χ0) is 15.5. The Hall–Kier alpha value is -2.05. The van der Waals surface area contributed by atoms with Crippen LogP contribution in [0.4, 0.5) is 4.79 Å². The maximum absolute atomic E-state index is 11.4. The molecule has 0 radical (unpaired) electrons. The number of ether oxygens (including phenoxy) is 2. The van der Waals surface area contributed by atoms with Gasteiger partial charge in [0, 0.05) is 18.7 Å². The van der Waals surface area contributed by atoms with Gasteiger partial charge in [0.1, 0.15) is 6.61 Å². The first-order valence-corrected chi connectivity index (χ1v) is 6.37. The molecule has 0 saturated heterocycles. The van der Waals surface area contributed by atoms with Gasteiger partial charge in [-0.25, -0.2) is 14.4 Å². The Bertz CT molecular complexity index is 366. The molecule has 0 aromatic carbocycles. The molecule has 0 saturated carbocycles. The van der Waals surface area contributed by atoms with E-state index in [2.05, 4.69) is 15.4 Å². The van der Waals surface area contributed by atoms with Gasteiger partial charge in [0.25, 0.3) is 0 Å². The minimum absolute atomic E-state index is 0.0269. The quantitative estimate of drug-likeness (QED) is 0.528. The SMILES string of the molecule is CCNC(=O)N[C@@H](COC(=O)/C=C/C(=O)OC)C(C)C. The molecular weight excluding hydrogens is 264 g/mol. The average molecular weight is 286 g/mol. The van der Waals surface area contributed by atoms with Gasteiger partial charge in [-0.15, -0.1) is 0 Å². The van der Waals surface area contributed by atoms with E-state index in [1.54, 1.807) is 0 Å². The maximum atomic E-state index is 11.4. The molecule has 0 aromatic heterocycles. The minimum atomic E-state index is -0.668. The van der Waals surface area contributed by atoms with Gasteiger partial charge in [0.15, 0.2) is 0 Å². The first-order valence-electron chi connectivity index (χ1n) is 6.37. The number of hydrogen-bond acceptors (Lipinski definition) is 5. The van der Waals surface area contributed by atoms with Crippen molar-refractivity contribution in [3.8, 4) is 0 Å². The lowest BCUT2D eigenvalue weighted by atomic mass is 10.1. The lowest BCUT2D eigenvalue weighted by Crippen LogP contribution is -2.47. The summed E-state index contributed by atoms with van der Waals surface area (Å²) in [5.41, 5.74) is 0. The monoisotopic (exact) mass is 286 g/mol. The van der Waals surface area contributed by atoms with Crippen LogP contribution in [0, 0.1) is 5.92 Å². The fraction of sp³-hybridized carbons (Fsp3) is 0.615. The zero-order valence-electron chi connectivity index (χ0n) is 12.3. The largest absolute Gasteiger partial charge is 0.466 e. The molecule has 0 aliphatic heterocycles. The van der Waals surface area contributed by atoms with E-state index in [1.807, 2.05) is 20.8 Å². The van der Waals surface area contributed by atoms with E-state index in [0.717, 1.165) is 12.2 Å². The predicted molar refractivity (Wildman–Crippen MR) is 72.9 cm³/mol. The summed E-state index contributed by atoms with van der Waals surface area (Å²) in [6.07, 6.45) is 1.96. The Morgan fingerprint density at radius 3 is 2.25 bits per heavy atom. The molecule has 1 atom stereocenters. The smallest absolute Gasteiger partial charge is 0.331 e. The molecule has 7 heteroatoms. The van der Waals surface area contributed by atoms with Gasteiger partial charge < -0.3 is 20.1 Å². The molecule has 114 valence electrons. The van der Waals surface area contributed by atoms with Crippen LogP contribution in [-0.4, -0.2) is 44.3 Å². The second-order valence-electron chi connectivity index (χ2n) is 4.34. The molecule has 0 fully saturated rings.